The zero-order valence-electron chi connectivity index (χ0n) is 21.1. The molecule has 2 aromatic carbocycles. The SMILES string of the molecule is CC1(N2Cc3cc(CNC(=O)Nc4ccc(CCc5ccncc5)cc4)ccc3C2=O)CCC(=O)NC1=O. The molecular weight excluding hydrogens is 482 g/mol. The van der Waals surface area contributed by atoms with Crippen LogP contribution in [0, 0.1) is 0 Å². The third kappa shape index (κ3) is 5.27. The maximum atomic E-state index is 13.0. The molecule has 2 aliphatic heterocycles. The van der Waals surface area contributed by atoms with Gasteiger partial charge in [0.1, 0.15) is 5.54 Å². The molecule has 194 valence electrons. The monoisotopic (exact) mass is 511 g/mol. The van der Waals surface area contributed by atoms with Crippen LogP contribution in [0.15, 0.2) is 67.0 Å². The Labute approximate surface area is 220 Å². The summed E-state index contributed by atoms with van der Waals surface area (Å²) in [7, 11) is 0. The highest BCUT2D eigenvalue weighted by Gasteiger charge is 2.48. The van der Waals surface area contributed by atoms with E-state index < -0.39 is 11.4 Å². The van der Waals surface area contributed by atoms with Crippen LogP contribution in [0.5, 0.6) is 0 Å². The summed E-state index contributed by atoms with van der Waals surface area (Å²) in [5, 5.41) is 8.04. The molecule has 5 rings (SSSR count). The second-order valence-electron chi connectivity index (χ2n) is 9.89. The number of fused-ring (bicyclic) bond motifs is 1. The molecule has 3 heterocycles. The predicted molar refractivity (Wildman–Crippen MR) is 141 cm³/mol. The van der Waals surface area contributed by atoms with E-state index in [2.05, 4.69) is 20.9 Å². The van der Waals surface area contributed by atoms with E-state index in [1.165, 1.54) is 16.0 Å². The van der Waals surface area contributed by atoms with Gasteiger partial charge in [0, 0.05) is 43.2 Å². The molecule has 1 saturated heterocycles. The van der Waals surface area contributed by atoms with Gasteiger partial charge in [-0.2, -0.15) is 0 Å². The van der Waals surface area contributed by atoms with Crippen LogP contribution < -0.4 is 16.0 Å². The van der Waals surface area contributed by atoms with Gasteiger partial charge >= 0.3 is 6.03 Å². The number of hydrogen-bond acceptors (Lipinski definition) is 5. The average Bonchev–Trinajstić information content (AvgIpc) is 3.26. The van der Waals surface area contributed by atoms with Crippen LogP contribution in [0.2, 0.25) is 0 Å². The summed E-state index contributed by atoms with van der Waals surface area (Å²) < 4.78 is 0. The minimum Gasteiger partial charge on any atom is -0.334 e. The molecule has 38 heavy (non-hydrogen) atoms. The number of nitrogens with one attached hydrogen (secondary N) is 3. The molecule has 1 aromatic heterocycles. The lowest BCUT2D eigenvalue weighted by molar-refractivity contribution is -0.142. The van der Waals surface area contributed by atoms with E-state index in [0.717, 1.165) is 24.0 Å². The first-order valence-electron chi connectivity index (χ1n) is 12.6. The van der Waals surface area contributed by atoms with Crippen LogP contribution >= 0.6 is 0 Å². The molecule has 0 radical (unpaired) electrons. The maximum Gasteiger partial charge on any atom is 0.319 e. The number of imide groups is 1. The van der Waals surface area contributed by atoms with Crippen molar-refractivity contribution in [2.24, 2.45) is 0 Å². The van der Waals surface area contributed by atoms with E-state index in [1.807, 2.05) is 42.5 Å². The first-order chi connectivity index (χ1) is 18.3. The Kier molecular flexibility index (Phi) is 6.91. The number of urea groups is 1. The number of hydrogen-bond donors (Lipinski definition) is 3. The van der Waals surface area contributed by atoms with Gasteiger partial charge in [0.05, 0.1) is 0 Å². The zero-order valence-corrected chi connectivity index (χ0v) is 21.1. The van der Waals surface area contributed by atoms with Crippen LogP contribution in [0.3, 0.4) is 0 Å². The third-order valence-corrected chi connectivity index (χ3v) is 7.27. The molecular formula is C29H29N5O4. The van der Waals surface area contributed by atoms with E-state index in [0.29, 0.717) is 11.3 Å². The number of benzene rings is 2. The lowest BCUT2D eigenvalue weighted by atomic mass is 9.89. The molecule has 1 atom stereocenters. The van der Waals surface area contributed by atoms with Gasteiger partial charge in [-0.15, -0.1) is 0 Å². The molecule has 3 N–H and O–H groups in total. The summed E-state index contributed by atoms with van der Waals surface area (Å²) in [6.07, 6.45) is 5.89. The summed E-state index contributed by atoms with van der Waals surface area (Å²) in [4.78, 5) is 55.2. The predicted octanol–water partition coefficient (Wildman–Crippen LogP) is 3.34. The Balaban J connectivity index is 1.14. The van der Waals surface area contributed by atoms with Gasteiger partial charge in [0.15, 0.2) is 0 Å². The van der Waals surface area contributed by atoms with Gasteiger partial charge in [0.25, 0.3) is 11.8 Å². The summed E-state index contributed by atoms with van der Waals surface area (Å²) in [6, 6.07) is 16.9. The second kappa shape index (κ2) is 10.5. The van der Waals surface area contributed by atoms with Gasteiger partial charge in [-0.05, 0) is 78.8 Å². The highest BCUT2D eigenvalue weighted by molar-refractivity contribution is 6.07. The number of aryl methyl sites for hydroxylation is 2. The number of pyridine rings is 1. The van der Waals surface area contributed by atoms with Gasteiger partial charge in [-0.25, -0.2) is 4.79 Å². The molecule has 0 spiro atoms. The van der Waals surface area contributed by atoms with Crippen LogP contribution in [0.25, 0.3) is 0 Å². The van der Waals surface area contributed by atoms with E-state index in [1.54, 1.807) is 31.5 Å². The van der Waals surface area contributed by atoms with Crippen LogP contribution in [0.1, 0.15) is 52.4 Å². The number of carbonyl (C=O) groups is 4. The molecule has 5 amide bonds. The maximum absolute atomic E-state index is 13.0. The lowest BCUT2D eigenvalue weighted by Gasteiger charge is -2.39. The number of anilines is 1. The van der Waals surface area contributed by atoms with Crippen molar-refractivity contribution in [3.05, 3.63) is 94.8 Å². The number of carbonyl (C=O) groups excluding carboxylic acids is 4. The topological polar surface area (TPSA) is 120 Å². The Morgan fingerprint density at radius 3 is 2.37 bits per heavy atom. The van der Waals surface area contributed by atoms with E-state index in [4.69, 9.17) is 0 Å². The van der Waals surface area contributed by atoms with Gasteiger partial charge in [0.2, 0.25) is 5.91 Å². The fraction of sp³-hybridized carbons (Fsp3) is 0.276. The fourth-order valence-corrected chi connectivity index (χ4v) is 4.88. The summed E-state index contributed by atoms with van der Waals surface area (Å²) in [5.74, 6) is -0.996. The molecule has 0 saturated carbocycles. The third-order valence-electron chi connectivity index (χ3n) is 7.27. The highest BCUT2D eigenvalue weighted by Crippen LogP contribution is 2.34. The van der Waals surface area contributed by atoms with Crippen molar-refractivity contribution in [3.63, 3.8) is 0 Å². The van der Waals surface area contributed by atoms with Crippen molar-refractivity contribution in [1.29, 1.82) is 0 Å². The summed E-state index contributed by atoms with van der Waals surface area (Å²) in [6.45, 7) is 2.25. The van der Waals surface area contributed by atoms with E-state index in [9.17, 15) is 19.2 Å². The van der Waals surface area contributed by atoms with Gasteiger partial charge in [-0.1, -0.05) is 24.3 Å². The number of aromatic nitrogens is 1. The van der Waals surface area contributed by atoms with Crippen LogP contribution in [-0.2, 0) is 35.5 Å². The minimum atomic E-state index is -1.07. The van der Waals surface area contributed by atoms with Crippen molar-refractivity contribution in [2.75, 3.05) is 5.32 Å². The molecule has 0 aliphatic carbocycles. The molecule has 3 aromatic rings. The van der Waals surface area contributed by atoms with E-state index in [-0.39, 0.29) is 43.8 Å². The Hall–Kier alpha value is -4.53. The van der Waals surface area contributed by atoms with Crippen molar-refractivity contribution in [3.8, 4) is 0 Å². The van der Waals surface area contributed by atoms with Crippen molar-refractivity contribution in [2.45, 2.75) is 51.2 Å². The standard InChI is InChI=1S/C29H29N5O4/c1-29(13-10-25(35)33-27(29)37)34-18-22-16-21(6-9-24(22)26(34)36)17-31-28(38)32-23-7-4-19(5-8-23)2-3-20-11-14-30-15-12-20/h4-9,11-12,14-16H,2-3,10,13,17-18H2,1H3,(H2,31,32,38)(H,33,35,37). The van der Waals surface area contributed by atoms with Crippen molar-refractivity contribution >= 4 is 29.4 Å². The number of rotatable bonds is 7. The Bertz CT molecular complexity index is 1390. The first kappa shape index (κ1) is 25.1. The molecule has 2 aliphatic rings. The molecule has 1 unspecified atom stereocenters. The summed E-state index contributed by atoms with van der Waals surface area (Å²) >= 11 is 0. The smallest absolute Gasteiger partial charge is 0.319 e. The minimum absolute atomic E-state index is 0.195. The zero-order chi connectivity index (χ0) is 26.7. The van der Waals surface area contributed by atoms with Gasteiger partial charge in [-0.3, -0.25) is 24.7 Å². The quantitative estimate of drug-likeness (QED) is 0.420. The number of piperidine rings is 1. The fourth-order valence-electron chi connectivity index (χ4n) is 4.88. The van der Waals surface area contributed by atoms with Crippen LogP contribution in [-0.4, -0.2) is 39.2 Å². The normalized spacial score (nSPS) is 18.7. The molecule has 1 fully saturated rings. The summed E-state index contributed by atoms with van der Waals surface area (Å²) in [5.41, 5.74) is 4.21. The molecule has 0 bridgehead atoms. The van der Waals surface area contributed by atoms with Crippen molar-refractivity contribution in [1.82, 2.24) is 20.5 Å². The van der Waals surface area contributed by atoms with E-state index >= 15 is 0 Å². The van der Waals surface area contributed by atoms with Gasteiger partial charge < -0.3 is 15.5 Å². The lowest BCUT2D eigenvalue weighted by Crippen LogP contribution is -2.61. The Morgan fingerprint density at radius 1 is 0.974 bits per heavy atom. The van der Waals surface area contributed by atoms with Crippen LogP contribution in [0.4, 0.5) is 10.5 Å². The molecule has 9 nitrogen and oxygen atoms in total. The van der Waals surface area contributed by atoms with Crippen molar-refractivity contribution < 1.29 is 19.2 Å². The first-order valence-corrected chi connectivity index (χ1v) is 12.6. The molecule has 9 heteroatoms. The number of amides is 5. The average molecular weight is 512 g/mol. The largest absolute Gasteiger partial charge is 0.334 e. The Morgan fingerprint density at radius 2 is 1.66 bits per heavy atom. The highest BCUT2D eigenvalue weighted by atomic mass is 16.2. The second-order valence-corrected chi connectivity index (χ2v) is 9.89. The number of nitrogens with zero attached hydrogens (tertiary/aromatic N) is 2.